The van der Waals surface area contributed by atoms with Gasteiger partial charge in [-0.25, -0.2) is 4.98 Å². The van der Waals surface area contributed by atoms with Crippen molar-refractivity contribution >= 4 is 5.82 Å². The van der Waals surface area contributed by atoms with E-state index < -0.39 is 0 Å². The van der Waals surface area contributed by atoms with Gasteiger partial charge in [0.05, 0.1) is 5.60 Å². The van der Waals surface area contributed by atoms with Gasteiger partial charge in [-0.15, -0.1) is 0 Å². The van der Waals surface area contributed by atoms with E-state index in [0.717, 1.165) is 63.1 Å². The Morgan fingerprint density at radius 1 is 1.20 bits per heavy atom. The van der Waals surface area contributed by atoms with Gasteiger partial charge >= 0.3 is 0 Å². The van der Waals surface area contributed by atoms with Gasteiger partial charge in [0.15, 0.2) is 0 Å². The molecular formula is C20H32N4O. The smallest absolute Gasteiger partial charge is 0.128 e. The van der Waals surface area contributed by atoms with Crippen molar-refractivity contribution in [1.29, 1.82) is 0 Å². The lowest BCUT2D eigenvalue weighted by molar-refractivity contribution is -0.0593. The molecule has 0 radical (unpaired) electrons. The van der Waals surface area contributed by atoms with Gasteiger partial charge in [-0.3, -0.25) is 0 Å². The quantitative estimate of drug-likeness (QED) is 0.881. The molecule has 25 heavy (non-hydrogen) atoms. The van der Waals surface area contributed by atoms with E-state index in [2.05, 4.69) is 30.9 Å². The molecule has 0 unspecified atom stereocenters. The van der Waals surface area contributed by atoms with E-state index in [1.807, 2.05) is 7.11 Å². The first kappa shape index (κ1) is 17.3. The summed E-state index contributed by atoms with van der Waals surface area (Å²) in [5.41, 5.74) is 15.3. The van der Waals surface area contributed by atoms with Crippen molar-refractivity contribution in [3.8, 4) is 0 Å². The molecule has 0 aromatic carbocycles. The first-order valence-electron chi connectivity index (χ1n) is 9.59. The zero-order chi connectivity index (χ0) is 17.9. The molecule has 138 valence electrons. The molecule has 0 amide bonds. The van der Waals surface area contributed by atoms with E-state index >= 15 is 0 Å². The topological polar surface area (TPSA) is 77.4 Å². The van der Waals surface area contributed by atoms with Gasteiger partial charge in [0.2, 0.25) is 0 Å². The standard InChI is InChI=1S/C20H32N4O/c1-14-16(20(22)12-19(13-20)10-15(21)11-19)4-5-17(23-14)24-8-6-18(2,25-3)7-9-24/h4-5,15H,6-13,21-22H2,1-3H3. The lowest BCUT2D eigenvalue weighted by Crippen LogP contribution is -2.63. The number of aromatic nitrogens is 1. The Labute approximate surface area is 151 Å². The molecule has 1 aromatic rings. The Morgan fingerprint density at radius 2 is 1.84 bits per heavy atom. The van der Waals surface area contributed by atoms with Crippen LogP contribution in [0.5, 0.6) is 0 Å². The lowest BCUT2D eigenvalue weighted by Gasteiger charge is -2.62. The van der Waals surface area contributed by atoms with Crippen molar-refractivity contribution in [3.05, 3.63) is 23.4 Å². The van der Waals surface area contributed by atoms with Crippen molar-refractivity contribution in [3.63, 3.8) is 0 Å². The van der Waals surface area contributed by atoms with Crippen molar-refractivity contribution in [2.24, 2.45) is 16.9 Å². The maximum absolute atomic E-state index is 6.73. The molecule has 5 nitrogen and oxygen atoms in total. The van der Waals surface area contributed by atoms with Gasteiger partial charge in [-0.2, -0.15) is 0 Å². The molecule has 3 aliphatic rings. The van der Waals surface area contributed by atoms with Crippen LogP contribution in [0.4, 0.5) is 5.82 Å². The molecule has 0 bridgehead atoms. The number of ether oxygens (including phenoxy) is 1. The second kappa shape index (κ2) is 5.66. The average molecular weight is 345 g/mol. The van der Waals surface area contributed by atoms with Crippen molar-refractivity contribution in [2.45, 2.75) is 69.6 Å². The maximum atomic E-state index is 6.73. The summed E-state index contributed by atoms with van der Waals surface area (Å²) in [7, 11) is 1.81. The molecule has 1 saturated heterocycles. The van der Waals surface area contributed by atoms with Crippen LogP contribution in [0.1, 0.15) is 56.7 Å². The summed E-state index contributed by atoms with van der Waals surface area (Å²) < 4.78 is 5.64. The summed E-state index contributed by atoms with van der Waals surface area (Å²) in [5, 5.41) is 0. The molecule has 2 aliphatic carbocycles. The van der Waals surface area contributed by atoms with Gasteiger partial charge in [0.1, 0.15) is 5.82 Å². The summed E-state index contributed by atoms with van der Waals surface area (Å²) in [6.07, 6.45) is 6.48. The number of pyridine rings is 1. The normalized spacial score (nSPS) is 36.8. The van der Waals surface area contributed by atoms with Crippen LogP contribution in [0, 0.1) is 12.3 Å². The van der Waals surface area contributed by atoms with Gasteiger partial charge in [-0.05, 0) is 69.4 Å². The number of hydrogen-bond acceptors (Lipinski definition) is 5. The minimum absolute atomic E-state index is 0.0106. The van der Waals surface area contributed by atoms with Crippen LogP contribution < -0.4 is 16.4 Å². The molecule has 2 saturated carbocycles. The van der Waals surface area contributed by atoms with Crippen molar-refractivity contribution in [1.82, 2.24) is 4.98 Å². The van der Waals surface area contributed by atoms with Crippen LogP contribution >= 0.6 is 0 Å². The number of nitrogens with zero attached hydrogens (tertiary/aromatic N) is 2. The fourth-order valence-electron chi connectivity index (χ4n) is 5.48. The molecule has 2 heterocycles. The van der Waals surface area contributed by atoms with E-state index in [0.29, 0.717) is 11.5 Å². The minimum Gasteiger partial charge on any atom is -0.378 e. The lowest BCUT2D eigenvalue weighted by atomic mass is 9.46. The zero-order valence-corrected chi connectivity index (χ0v) is 15.8. The molecule has 3 fully saturated rings. The van der Waals surface area contributed by atoms with Crippen LogP contribution in [0.3, 0.4) is 0 Å². The molecule has 4 rings (SSSR count). The highest BCUT2D eigenvalue weighted by molar-refractivity contribution is 5.45. The first-order chi connectivity index (χ1) is 11.8. The van der Waals surface area contributed by atoms with Crippen molar-refractivity contribution in [2.75, 3.05) is 25.1 Å². The summed E-state index contributed by atoms with van der Waals surface area (Å²) in [6.45, 7) is 6.28. The molecular weight excluding hydrogens is 312 g/mol. The molecule has 0 atom stereocenters. The van der Waals surface area contributed by atoms with E-state index in [4.69, 9.17) is 21.2 Å². The minimum atomic E-state index is -0.202. The zero-order valence-electron chi connectivity index (χ0n) is 15.8. The maximum Gasteiger partial charge on any atom is 0.128 e. The number of anilines is 1. The van der Waals surface area contributed by atoms with E-state index in [-0.39, 0.29) is 11.1 Å². The van der Waals surface area contributed by atoms with Crippen molar-refractivity contribution < 1.29 is 4.74 Å². The summed E-state index contributed by atoms with van der Waals surface area (Å²) in [5.74, 6) is 1.07. The van der Waals surface area contributed by atoms with E-state index in [1.165, 1.54) is 5.56 Å². The van der Waals surface area contributed by atoms with Crippen LogP contribution in [0.2, 0.25) is 0 Å². The summed E-state index contributed by atoms with van der Waals surface area (Å²) in [6, 6.07) is 4.76. The highest BCUT2D eigenvalue weighted by Crippen LogP contribution is 2.62. The Kier molecular flexibility index (Phi) is 3.91. The highest BCUT2D eigenvalue weighted by atomic mass is 16.5. The van der Waals surface area contributed by atoms with Crippen LogP contribution in [0.25, 0.3) is 0 Å². The predicted octanol–water partition coefficient (Wildman–Crippen LogP) is 2.45. The fourth-order valence-corrected chi connectivity index (χ4v) is 5.48. The number of hydrogen-bond donors (Lipinski definition) is 2. The Balaban J connectivity index is 1.45. The number of nitrogens with two attached hydrogens (primary N) is 2. The van der Waals surface area contributed by atoms with E-state index in [1.54, 1.807) is 0 Å². The van der Waals surface area contributed by atoms with Crippen LogP contribution in [-0.2, 0) is 10.3 Å². The third-order valence-corrected chi connectivity index (χ3v) is 7.02. The molecule has 1 aromatic heterocycles. The number of piperidine rings is 1. The predicted molar refractivity (Wildman–Crippen MR) is 101 cm³/mol. The Hall–Kier alpha value is -1.17. The number of aryl methyl sites for hydroxylation is 1. The molecule has 1 spiro atoms. The number of methoxy groups -OCH3 is 1. The second-order valence-corrected chi connectivity index (χ2v) is 9.12. The number of rotatable bonds is 3. The van der Waals surface area contributed by atoms with Gasteiger partial charge in [0, 0.05) is 37.5 Å². The van der Waals surface area contributed by atoms with Gasteiger partial charge in [-0.1, -0.05) is 6.07 Å². The average Bonchev–Trinajstić information content (AvgIpc) is 2.52. The SMILES string of the molecule is COC1(C)CCN(c2ccc(C3(N)CC4(CC(N)C4)C3)c(C)n2)CC1. The fraction of sp³-hybridized carbons (Fsp3) is 0.750. The van der Waals surface area contributed by atoms with Crippen LogP contribution in [0.15, 0.2) is 12.1 Å². The summed E-state index contributed by atoms with van der Waals surface area (Å²) >= 11 is 0. The highest BCUT2D eigenvalue weighted by Gasteiger charge is 2.58. The Bertz CT molecular complexity index is 652. The molecule has 1 aliphatic heterocycles. The van der Waals surface area contributed by atoms with Gasteiger partial charge in [0.25, 0.3) is 0 Å². The first-order valence-corrected chi connectivity index (χ1v) is 9.59. The van der Waals surface area contributed by atoms with Crippen LogP contribution in [-0.4, -0.2) is 36.8 Å². The monoisotopic (exact) mass is 344 g/mol. The van der Waals surface area contributed by atoms with E-state index in [9.17, 15) is 0 Å². The molecule has 5 heteroatoms. The molecule has 4 N–H and O–H groups in total. The third kappa shape index (κ3) is 2.86. The second-order valence-electron chi connectivity index (χ2n) is 9.12. The third-order valence-electron chi connectivity index (χ3n) is 7.02. The summed E-state index contributed by atoms with van der Waals surface area (Å²) in [4.78, 5) is 7.27. The van der Waals surface area contributed by atoms with Gasteiger partial charge < -0.3 is 21.1 Å². The Morgan fingerprint density at radius 3 is 2.36 bits per heavy atom. The largest absolute Gasteiger partial charge is 0.378 e.